The number of hydrogen-bond acceptors (Lipinski definition) is 5. The highest BCUT2D eigenvalue weighted by Crippen LogP contribution is 2.13. The van der Waals surface area contributed by atoms with Crippen LogP contribution in [0.2, 0.25) is 0 Å². The smallest absolute Gasteiger partial charge is 0.337 e. The standard InChI is InChI=1S/C16H14N3O3.BrH/c1-21-16(20)13-4-2-3-12(9-13)11-19-7-5-14(10-18-19)15-17-6-8-22-15;/h2-10H,11H2,1H3;1H/q+1;/p-1. The Morgan fingerprint density at radius 1 is 1.35 bits per heavy atom. The second kappa shape index (κ2) is 7.64. The second-order valence-corrected chi connectivity index (χ2v) is 4.64. The zero-order valence-corrected chi connectivity index (χ0v) is 13.9. The Kier molecular flexibility index (Phi) is 5.59. The molecule has 23 heavy (non-hydrogen) atoms. The van der Waals surface area contributed by atoms with Crippen LogP contribution in [-0.2, 0) is 11.3 Å². The fourth-order valence-electron chi connectivity index (χ4n) is 2.07. The van der Waals surface area contributed by atoms with E-state index in [4.69, 9.17) is 9.15 Å². The summed E-state index contributed by atoms with van der Waals surface area (Å²) >= 11 is 0. The molecule has 0 unspecified atom stereocenters. The van der Waals surface area contributed by atoms with Crippen molar-refractivity contribution in [2.45, 2.75) is 6.54 Å². The molecule has 0 aliphatic rings. The number of nitrogens with zero attached hydrogens (tertiary/aromatic N) is 3. The summed E-state index contributed by atoms with van der Waals surface area (Å²) in [5, 5.41) is 4.33. The number of carbonyl (C=O) groups is 1. The number of halogens is 1. The van der Waals surface area contributed by atoms with E-state index in [1.54, 1.807) is 29.2 Å². The van der Waals surface area contributed by atoms with E-state index in [1.807, 2.05) is 24.4 Å². The summed E-state index contributed by atoms with van der Waals surface area (Å²) in [4.78, 5) is 15.6. The van der Waals surface area contributed by atoms with Gasteiger partial charge < -0.3 is 26.1 Å². The highest BCUT2D eigenvalue weighted by molar-refractivity contribution is 5.89. The van der Waals surface area contributed by atoms with Crippen molar-refractivity contribution in [1.29, 1.82) is 0 Å². The predicted octanol–water partition coefficient (Wildman–Crippen LogP) is -1.14. The van der Waals surface area contributed by atoms with Crippen molar-refractivity contribution in [3.63, 3.8) is 0 Å². The topological polar surface area (TPSA) is 69.1 Å². The fourth-order valence-corrected chi connectivity index (χ4v) is 2.07. The second-order valence-electron chi connectivity index (χ2n) is 4.64. The van der Waals surface area contributed by atoms with Crippen LogP contribution in [0.3, 0.4) is 0 Å². The number of carbonyl (C=O) groups excluding carboxylic acids is 1. The summed E-state index contributed by atoms with van der Waals surface area (Å²) in [6.45, 7) is 0.552. The van der Waals surface area contributed by atoms with Gasteiger partial charge in [-0.3, -0.25) is 0 Å². The lowest BCUT2D eigenvalue weighted by Crippen LogP contribution is -3.00. The van der Waals surface area contributed by atoms with Gasteiger partial charge in [0.1, 0.15) is 12.5 Å². The van der Waals surface area contributed by atoms with Crippen LogP contribution in [0.1, 0.15) is 15.9 Å². The monoisotopic (exact) mass is 375 g/mol. The SMILES string of the molecule is COC(=O)c1cccc(C[n+]2ccc(-c3ncco3)cn2)c1.[Br-]. The number of ether oxygens (including phenoxy) is 1. The minimum absolute atomic E-state index is 0. The predicted molar refractivity (Wildman–Crippen MR) is 76.8 cm³/mol. The summed E-state index contributed by atoms with van der Waals surface area (Å²) in [5.41, 5.74) is 2.30. The van der Waals surface area contributed by atoms with E-state index in [-0.39, 0.29) is 23.0 Å². The third-order valence-corrected chi connectivity index (χ3v) is 3.14. The van der Waals surface area contributed by atoms with Gasteiger partial charge in [0.2, 0.25) is 5.89 Å². The molecule has 0 bridgehead atoms. The Morgan fingerprint density at radius 3 is 2.87 bits per heavy atom. The lowest BCUT2D eigenvalue weighted by atomic mass is 10.1. The van der Waals surface area contributed by atoms with Gasteiger partial charge in [-0.25, -0.2) is 9.78 Å². The van der Waals surface area contributed by atoms with E-state index in [0.717, 1.165) is 11.1 Å². The normalized spacial score (nSPS) is 9.96. The Balaban J connectivity index is 0.00000192. The van der Waals surface area contributed by atoms with Crippen LogP contribution in [0.25, 0.3) is 11.5 Å². The summed E-state index contributed by atoms with van der Waals surface area (Å²) in [6.07, 6.45) is 6.64. The Hall–Kier alpha value is -2.54. The summed E-state index contributed by atoms with van der Waals surface area (Å²) in [7, 11) is 1.37. The van der Waals surface area contributed by atoms with E-state index in [1.165, 1.54) is 13.4 Å². The van der Waals surface area contributed by atoms with Gasteiger partial charge in [0.25, 0.3) is 0 Å². The summed E-state index contributed by atoms with van der Waals surface area (Å²) < 4.78 is 11.7. The molecule has 0 radical (unpaired) electrons. The van der Waals surface area contributed by atoms with Crippen LogP contribution in [0.5, 0.6) is 0 Å². The van der Waals surface area contributed by atoms with E-state index < -0.39 is 0 Å². The van der Waals surface area contributed by atoms with E-state index in [2.05, 4.69) is 10.1 Å². The third-order valence-electron chi connectivity index (χ3n) is 3.14. The maximum Gasteiger partial charge on any atom is 0.337 e. The molecule has 6 nitrogen and oxygen atoms in total. The Bertz CT molecular complexity index is 774. The van der Waals surface area contributed by atoms with E-state index >= 15 is 0 Å². The average molecular weight is 376 g/mol. The van der Waals surface area contributed by atoms with E-state index in [0.29, 0.717) is 18.0 Å². The van der Waals surface area contributed by atoms with Gasteiger partial charge in [0.15, 0.2) is 12.7 Å². The number of benzene rings is 1. The third kappa shape index (κ3) is 4.01. The molecule has 7 heteroatoms. The quantitative estimate of drug-likeness (QED) is 0.426. The molecule has 2 heterocycles. The molecular formula is C16H14BrN3O3. The first kappa shape index (κ1) is 16.8. The first-order valence-corrected chi connectivity index (χ1v) is 6.69. The molecule has 118 valence electrons. The maximum absolute atomic E-state index is 11.5. The summed E-state index contributed by atoms with van der Waals surface area (Å²) in [6, 6.07) is 9.15. The number of methoxy groups -OCH3 is 1. The van der Waals surface area contributed by atoms with Crippen molar-refractivity contribution in [2.75, 3.05) is 7.11 Å². The van der Waals surface area contributed by atoms with Crippen molar-refractivity contribution < 1.29 is 35.6 Å². The number of aromatic nitrogens is 3. The zero-order valence-electron chi connectivity index (χ0n) is 12.3. The summed E-state index contributed by atoms with van der Waals surface area (Å²) in [5.74, 6) is 0.186. The molecule has 0 aliphatic carbocycles. The molecule has 0 N–H and O–H groups in total. The molecule has 0 fully saturated rings. The van der Waals surface area contributed by atoms with Crippen molar-refractivity contribution in [3.8, 4) is 11.5 Å². The molecule has 0 atom stereocenters. The molecule has 0 amide bonds. The van der Waals surface area contributed by atoms with Crippen LogP contribution in [-0.4, -0.2) is 23.2 Å². The van der Waals surface area contributed by atoms with Gasteiger partial charge in [-0.15, -0.1) is 0 Å². The largest absolute Gasteiger partial charge is 1.00 e. The van der Waals surface area contributed by atoms with Gasteiger partial charge in [0.05, 0.1) is 24.4 Å². The number of rotatable bonds is 4. The van der Waals surface area contributed by atoms with Crippen molar-refractivity contribution in [1.82, 2.24) is 10.1 Å². The molecule has 0 saturated heterocycles. The van der Waals surface area contributed by atoms with Crippen molar-refractivity contribution >= 4 is 5.97 Å². The minimum Gasteiger partial charge on any atom is -1.00 e. The fraction of sp³-hybridized carbons (Fsp3) is 0.125. The average Bonchev–Trinajstić information content (AvgIpc) is 3.09. The lowest BCUT2D eigenvalue weighted by Gasteiger charge is -2.01. The minimum atomic E-state index is -0.348. The zero-order chi connectivity index (χ0) is 15.4. The first-order valence-electron chi connectivity index (χ1n) is 6.69. The molecule has 0 saturated carbocycles. The Labute approximate surface area is 143 Å². The van der Waals surface area contributed by atoms with Gasteiger partial charge in [-0.1, -0.05) is 16.8 Å². The number of hydrogen-bond donors (Lipinski definition) is 0. The highest BCUT2D eigenvalue weighted by Gasteiger charge is 2.11. The first-order chi connectivity index (χ1) is 10.8. The molecule has 0 aliphatic heterocycles. The Morgan fingerprint density at radius 2 is 2.22 bits per heavy atom. The van der Waals surface area contributed by atoms with Gasteiger partial charge >= 0.3 is 5.97 Å². The molecule has 3 rings (SSSR count). The molecule has 1 aromatic carbocycles. The molecule has 0 spiro atoms. The molecule has 2 aromatic heterocycles. The van der Waals surface area contributed by atoms with Crippen molar-refractivity contribution in [3.05, 3.63) is 66.3 Å². The number of esters is 1. The highest BCUT2D eigenvalue weighted by atomic mass is 79.9. The van der Waals surface area contributed by atoms with Gasteiger partial charge in [-0.05, 0) is 17.2 Å². The van der Waals surface area contributed by atoms with Crippen molar-refractivity contribution in [2.24, 2.45) is 0 Å². The van der Waals surface area contributed by atoms with E-state index in [9.17, 15) is 4.79 Å². The van der Waals surface area contributed by atoms with Crippen LogP contribution < -0.4 is 21.7 Å². The van der Waals surface area contributed by atoms with Crippen LogP contribution in [0, 0.1) is 0 Å². The maximum atomic E-state index is 11.5. The van der Waals surface area contributed by atoms with Gasteiger partial charge in [-0.2, -0.15) is 0 Å². The van der Waals surface area contributed by atoms with Crippen LogP contribution in [0.15, 0.2) is 59.6 Å². The van der Waals surface area contributed by atoms with Gasteiger partial charge in [0, 0.05) is 11.6 Å². The number of oxazole rings is 1. The lowest BCUT2D eigenvalue weighted by molar-refractivity contribution is -0.746. The van der Waals surface area contributed by atoms with Crippen LogP contribution >= 0.6 is 0 Å². The molecular weight excluding hydrogens is 362 g/mol. The molecule has 3 aromatic rings. The van der Waals surface area contributed by atoms with Crippen LogP contribution in [0.4, 0.5) is 0 Å².